The van der Waals surface area contributed by atoms with Crippen LogP contribution in [0.5, 0.6) is 0 Å². The van der Waals surface area contributed by atoms with E-state index in [1.807, 2.05) is 6.92 Å². The molecular formula is C11H15BrN2O3. The molecule has 0 aliphatic heterocycles. The molecule has 0 aromatic carbocycles. The molecule has 0 saturated carbocycles. The Morgan fingerprint density at radius 1 is 1.59 bits per heavy atom. The summed E-state index contributed by atoms with van der Waals surface area (Å²) in [5, 5.41) is 2.62. The topological polar surface area (TPSA) is 71.2 Å². The first kappa shape index (κ1) is 13.9. The van der Waals surface area contributed by atoms with Crippen molar-refractivity contribution in [3.8, 4) is 0 Å². The number of carbonyl (C=O) groups is 1. The van der Waals surface area contributed by atoms with Crippen LogP contribution in [0.2, 0.25) is 0 Å². The van der Waals surface area contributed by atoms with Crippen LogP contribution >= 0.6 is 15.9 Å². The van der Waals surface area contributed by atoms with Gasteiger partial charge in [-0.1, -0.05) is 0 Å². The molecule has 0 aliphatic rings. The van der Waals surface area contributed by atoms with E-state index < -0.39 is 5.91 Å². The fraction of sp³-hybridized carbons (Fsp3) is 0.455. The second-order valence-corrected chi connectivity index (χ2v) is 4.29. The molecule has 0 unspecified atom stereocenters. The molecule has 1 aromatic rings. The Hall–Kier alpha value is -1.14. The number of aromatic amines is 1. The summed E-state index contributed by atoms with van der Waals surface area (Å²) < 4.78 is 5.78. The van der Waals surface area contributed by atoms with Crippen LogP contribution in [0.15, 0.2) is 15.3 Å². The first-order valence-corrected chi connectivity index (χ1v) is 6.11. The largest absolute Gasteiger partial charge is 0.380 e. The zero-order chi connectivity index (χ0) is 12.8. The standard InChI is InChI=1S/C11H15BrN2O3/c1-3-17-5-4-13-10(15)8-6-9(12)7(2)14-11(8)16/h6H,3-5H2,1-2H3,(H,13,15)(H,14,16). The van der Waals surface area contributed by atoms with Crippen molar-refractivity contribution in [2.75, 3.05) is 19.8 Å². The number of aromatic nitrogens is 1. The molecule has 0 atom stereocenters. The van der Waals surface area contributed by atoms with Gasteiger partial charge < -0.3 is 15.0 Å². The number of pyridine rings is 1. The van der Waals surface area contributed by atoms with Gasteiger partial charge in [0.1, 0.15) is 5.56 Å². The number of aryl methyl sites for hydroxylation is 1. The van der Waals surface area contributed by atoms with E-state index in [0.717, 1.165) is 0 Å². The fourth-order valence-electron chi connectivity index (χ4n) is 1.24. The monoisotopic (exact) mass is 302 g/mol. The molecule has 1 aromatic heterocycles. The number of H-pyrrole nitrogens is 1. The van der Waals surface area contributed by atoms with Crippen molar-refractivity contribution in [1.82, 2.24) is 10.3 Å². The van der Waals surface area contributed by atoms with Crippen LogP contribution in [-0.2, 0) is 4.74 Å². The molecule has 0 fully saturated rings. The summed E-state index contributed by atoms with van der Waals surface area (Å²) in [5.74, 6) is -0.397. The first-order chi connectivity index (χ1) is 8.06. The highest BCUT2D eigenvalue weighted by Gasteiger charge is 2.11. The van der Waals surface area contributed by atoms with Crippen molar-refractivity contribution in [3.05, 3.63) is 32.2 Å². The predicted octanol–water partition coefficient (Wildman–Crippen LogP) is 1.21. The maximum atomic E-state index is 11.7. The van der Waals surface area contributed by atoms with Crippen LogP contribution in [0.3, 0.4) is 0 Å². The van der Waals surface area contributed by atoms with Gasteiger partial charge in [-0.2, -0.15) is 0 Å². The van der Waals surface area contributed by atoms with Gasteiger partial charge in [0.2, 0.25) is 0 Å². The zero-order valence-corrected chi connectivity index (χ0v) is 11.4. The minimum absolute atomic E-state index is 0.0963. The quantitative estimate of drug-likeness (QED) is 0.803. The van der Waals surface area contributed by atoms with Gasteiger partial charge in [0.15, 0.2) is 0 Å². The molecule has 17 heavy (non-hydrogen) atoms. The van der Waals surface area contributed by atoms with Crippen LogP contribution in [0.25, 0.3) is 0 Å². The minimum Gasteiger partial charge on any atom is -0.380 e. The Bertz CT molecular complexity index is 457. The molecule has 2 N–H and O–H groups in total. The molecule has 0 bridgehead atoms. The number of carbonyl (C=O) groups excluding carboxylic acids is 1. The lowest BCUT2D eigenvalue weighted by Gasteiger charge is -2.06. The fourth-order valence-corrected chi connectivity index (χ4v) is 1.57. The third kappa shape index (κ3) is 3.98. The lowest BCUT2D eigenvalue weighted by molar-refractivity contribution is 0.0921. The summed E-state index contributed by atoms with van der Waals surface area (Å²) in [5.41, 5.74) is 0.402. The van der Waals surface area contributed by atoms with E-state index in [9.17, 15) is 9.59 Å². The van der Waals surface area contributed by atoms with Gasteiger partial charge in [-0.15, -0.1) is 0 Å². The third-order valence-corrected chi connectivity index (χ3v) is 2.98. The van der Waals surface area contributed by atoms with Crippen molar-refractivity contribution in [2.45, 2.75) is 13.8 Å². The lowest BCUT2D eigenvalue weighted by atomic mass is 10.2. The second kappa shape index (κ2) is 6.56. The van der Waals surface area contributed by atoms with Gasteiger partial charge in [0, 0.05) is 23.3 Å². The number of hydrogen-bond donors (Lipinski definition) is 2. The molecule has 5 nitrogen and oxygen atoms in total. The van der Waals surface area contributed by atoms with E-state index in [4.69, 9.17) is 4.74 Å². The molecule has 0 saturated heterocycles. The van der Waals surface area contributed by atoms with E-state index >= 15 is 0 Å². The SMILES string of the molecule is CCOCCNC(=O)c1cc(Br)c(C)[nH]c1=O. The number of hydrogen-bond acceptors (Lipinski definition) is 3. The predicted molar refractivity (Wildman–Crippen MR) is 68.3 cm³/mol. The summed E-state index contributed by atoms with van der Waals surface area (Å²) >= 11 is 3.27. The van der Waals surface area contributed by atoms with E-state index in [1.54, 1.807) is 6.92 Å². The summed E-state index contributed by atoms with van der Waals surface area (Å²) in [4.78, 5) is 25.8. The second-order valence-electron chi connectivity index (χ2n) is 3.44. The minimum atomic E-state index is -0.397. The average Bonchev–Trinajstić information content (AvgIpc) is 2.29. The smallest absolute Gasteiger partial charge is 0.261 e. The summed E-state index contributed by atoms with van der Waals surface area (Å²) in [7, 11) is 0. The highest BCUT2D eigenvalue weighted by molar-refractivity contribution is 9.10. The van der Waals surface area contributed by atoms with Gasteiger partial charge >= 0.3 is 0 Å². The molecule has 1 amide bonds. The van der Waals surface area contributed by atoms with Crippen LogP contribution in [-0.4, -0.2) is 30.6 Å². The maximum absolute atomic E-state index is 11.7. The first-order valence-electron chi connectivity index (χ1n) is 5.31. The van der Waals surface area contributed by atoms with Crippen molar-refractivity contribution in [2.24, 2.45) is 0 Å². The van der Waals surface area contributed by atoms with E-state index in [1.165, 1.54) is 6.07 Å². The molecule has 94 valence electrons. The normalized spacial score (nSPS) is 10.3. The summed E-state index contributed by atoms with van der Waals surface area (Å²) in [6.07, 6.45) is 0. The number of nitrogens with one attached hydrogen (secondary N) is 2. The Morgan fingerprint density at radius 3 is 2.94 bits per heavy atom. The number of halogens is 1. The molecular weight excluding hydrogens is 288 g/mol. The molecule has 1 heterocycles. The highest BCUT2D eigenvalue weighted by Crippen LogP contribution is 2.12. The number of amides is 1. The van der Waals surface area contributed by atoms with Crippen molar-refractivity contribution < 1.29 is 9.53 Å². The molecule has 0 spiro atoms. The molecule has 1 rings (SSSR count). The number of ether oxygens (including phenoxy) is 1. The Morgan fingerprint density at radius 2 is 2.29 bits per heavy atom. The average molecular weight is 303 g/mol. The maximum Gasteiger partial charge on any atom is 0.261 e. The van der Waals surface area contributed by atoms with Crippen LogP contribution in [0.1, 0.15) is 23.0 Å². The van der Waals surface area contributed by atoms with Crippen molar-refractivity contribution in [3.63, 3.8) is 0 Å². The van der Waals surface area contributed by atoms with E-state index in [2.05, 4.69) is 26.2 Å². The van der Waals surface area contributed by atoms with Gasteiger partial charge in [-0.25, -0.2) is 0 Å². The van der Waals surface area contributed by atoms with E-state index in [-0.39, 0.29) is 11.1 Å². The highest BCUT2D eigenvalue weighted by atomic mass is 79.9. The molecule has 0 aliphatic carbocycles. The number of rotatable bonds is 5. The zero-order valence-electron chi connectivity index (χ0n) is 9.80. The van der Waals surface area contributed by atoms with Gasteiger partial charge in [0.25, 0.3) is 11.5 Å². The van der Waals surface area contributed by atoms with Crippen molar-refractivity contribution >= 4 is 21.8 Å². The van der Waals surface area contributed by atoms with Crippen LogP contribution in [0.4, 0.5) is 0 Å². The molecule has 6 heteroatoms. The Kier molecular flexibility index (Phi) is 5.37. The lowest BCUT2D eigenvalue weighted by Crippen LogP contribution is -2.32. The van der Waals surface area contributed by atoms with Crippen LogP contribution < -0.4 is 10.9 Å². The summed E-state index contributed by atoms with van der Waals surface area (Å²) in [6, 6.07) is 1.52. The summed E-state index contributed by atoms with van der Waals surface area (Å²) in [6.45, 7) is 5.06. The van der Waals surface area contributed by atoms with Crippen molar-refractivity contribution in [1.29, 1.82) is 0 Å². The van der Waals surface area contributed by atoms with Gasteiger partial charge in [-0.05, 0) is 35.8 Å². The third-order valence-electron chi connectivity index (χ3n) is 2.16. The van der Waals surface area contributed by atoms with Gasteiger partial charge in [-0.3, -0.25) is 9.59 Å². The Balaban J connectivity index is 2.69. The molecule has 0 radical (unpaired) electrons. The van der Waals surface area contributed by atoms with Crippen LogP contribution in [0, 0.1) is 6.92 Å². The van der Waals surface area contributed by atoms with E-state index in [0.29, 0.717) is 29.9 Å². The Labute approximate surface area is 108 Å². The van der Waals surface area contributed by atoms with Gasteiger partial charge in [0.05, 0.1) is 6.61 Å².